The molecule has 0 spiro atoms. The summed E-state index contributed by atoms with van der Waals surface area (Å²) in [5.41, 5.74) is 4.45. The topological polar surface area (TPSA) is 55.6 Å². The highest BCUT2D eigenvalue weighted by molar-refractivity contribution is 5.95. The second-order valence-corrected chi connectivity index (χ2v) is 5.52. The Labute approximate surface area is 116 Å². The minimum Gasteiger partial charge on any atom is -0.367 e. The molecular weight excluding hydrogens is 266 g/mol. The number of nitrogens with zero attached hydrogens (tertiary/aromatic N) is 1. The second-order valence-electron chi connectivity index (χ2n) is 5.52. The molecule has 1 aromatic carbocycles. The van der Waals surface area contributed by atoms with Crippen molar-refractivity contribution in [2.45, 2.75) is 25.6 Å². The number of carbonyl (C=O) groups excluding carboxylic acids is 1. The van der Waals surface area contributed by atoms with E-state index < -0.39 is 28.7 Å². The smallest absolute Gasteiger partial charge is 0.260 e. The van der Waals surface area contributed by atoms with E-state index >= 15 is 0 Å². The van der Waals surface area contributed by atoms with Crippen LogP contribution in [0.1, 0.15) is 24.2 Å². The van der Waals surface area contributed by atoms with Gasteiger partial charge in [0.05, 0.1) is 11.7 Å². The van der Waals surface area contributed by atoms with Gasteiger partial charge in [0.1, 0.15) is 17.2 Å². The van der Waals surface area contributed by atoms with Gasteiger partial charge < -0.3 is 15.4 Å². The molecule has 0 saturated carbocycles. The maximum atomic E-state index is 13.7. The summed E-state index contributed by atoms with van der Waals surface area (Å²) in [5.74, 6) is -2.39. The van der Waals surface area contributed by atoms with Crippen molar-refractivity contribution in [3.05, 3.63) is 35.4 Å². The fraction of sp³-hybridized carbons (Fsp3) is 0.500. The molecule has 0 radical (unpaired) electrons. The predicted molar refractivity (Wildman–Crippen MR) is 70.3 cm³/mol. The molecule has 1 atom stereocenters. The molecule has 0 aromatic heterocycles. The molecule has 4 nitrogen and oxygen atoms in total. The third-order valence-electron chi connectivity index (χ3n) is 3.21. The van der Waals surface area contributed by atoms with E-state index in [9.17, 15) is 13.6 Å². The summed E-state index contributed by atoms with van der Waals surface area (Å²) in [6, 6.07) is 3.37. The van der Waals surface area contributed by atoms with E-state index in [0.29, 0.717) is 0 Å². The lowest BCUT2D eigenvalue weighted by Gasteiger charge is -2.42. The van der Waals surface area contributed by atoms with Gasteiger partial charge in [0.15, 0.2) is 0 Å². The van der Waals surface area contributed by atoms with Gasteiger partial charge in [-0.1, -0.05) is 6.07 Å². The summed E-state index contributed by atoms with van der Waals surface area (Å²) in [5, 5.41) is 0. The largest absolute Gasteiger partial charge is 0.367 e. The first-order valence-corrected chi connectivity index (χ1v) is 6.45. The Hall–Kier alpha value is -1.53. The van der Waals surface area contributed by atoms with Crippen molar-refractivity contribution in [2.24, 2.45) is 5.73 Å². The lowest BCUT2D eigenvalue weighted by atomic mass is 10.0. The van der Waals surface area contributed by atoms with Gasteiger partial charge in [0.2, 0.25) is 0 Å². The maximum absolute atomic E-state index is 13.7. The Balaban J connectivity index is 2.28. The molecule has 2 rings (SSSR count). The van der Waals surface area contributed by atoms with Crippen LogP contribution >= 0.6 is 0 Å². The molecule has 1 fully saturated rings. The van der Waals surface area contributed by atoms with Crippen LogP contribution in [0.15, 0.2) is 18.2 Å². The number of morpholine rings is 1. The van der Waals surface area contributed by atoms with Crippen LogP contribution in [-0.2, 0) is 4.74 Å². The minimum absolute atomic E-state index is 0.229. The van der Waals surface area contributed by atoms with Gasteiger partial charge in [0, 0.05) is 19.6 Å². The van der Waals surface area contributed by atoms with Gasteiger partial charge in [0.25, 0.3) is 5.91 Å². The van der Waals surface area contributed by atoms with Crippen LogP contribution in [0, 0.1) is 11.6 Å². The first-order chi connectivity index (χ1) is 9.34. The first-order valence-electron chi connectivity index (χ1n) is 6.45. The van der Waals surface area contributed by atoms with Gasteiger partial charge >= 0.3 is 0 Å². The van der Waals surface area contributed by atoms with Crippen molar-refractivity contribution in [2.75, 3.05) is 19.6 Å². The van der Waals surface area contributed by atoms with Gasteiger partial charge in [-0.05, 0) is 26.0 Å². The van der Waals surface area contributed by atoms with E-state index in [2.05, 4.69) is 0 Å². The normalized spacial score (nSPS) is 21.9. The van der Waals surface area contributed by atoms with E-state index in [1.54, 1.807) is 0 Å². The predicted octanol–water partition coefficient (Wildman–Crippen LogP) is 1.54. The van der Waals surface area contributed by atoms with E-state index in [4.69, 9.17) is 10.5 Å². The summed E-state index contributed by atoms with van der Waals surface area (Å²) in [6.07, 6.45) is -0.336. The van der Waals surface area contributed by atoms with Crippen molar-refractivity contribution in [1.29, 1.82) is 0 Å². The maximum Gasteiger partial charge on any atom is 0.260 e. The molecule has 1 aliphatic rings. The summed E-state index contributed by atoms with van der Waals surface area (Å²) in [7, 11) is 0. The highest BCUT2D eigenvalue weighted by Crippen LogP contribution is 2.23. The second kappa shape index (κ2) is 5.46. The number of amides is 1. The molecular formula is C14H18F2N2O2. The third kappa shape index (κ3) is 2.96. The fourth-order valence-corrected chi connectivity index (χ4v) is 2.43. The quantitative estimate of drug-likeness (QED) is 0.896. The molecule has 110 valence electrons. The van der Waals surface area contributed by atoms with Crippen LogP contribution in [0.4, 0.5) is 8.78 Å². The molecule has 1 aromatic rings. The van der Waals surface area contributed by atoms with E-state index in [1.807, 2.05) is 13.8 Å². The summed E-state index contributed by atoms with van der Waals surface area (Å²) >= 11 is 0. The Morgan fingerprint density at radius 2 is 2.05 bits per heavy atom. The number of benzene rings is 1. The molecule has 1 amide bonds. The summed E-state index contributed by atoms with van der Waals surface area (Å²) < 4.78 is 33.1. The van der Waals surface area contributed by atoms with Crippen molar-refractivity contribution in [3.8, 4) is 0 Å². The standard InChI is InChI=1S/C14H18F2N2O2/c1-14(2)8-18(7-9(6-17)20-14)13(19)12-10(15)4-3-5-11(12)16/h3-5,9H,6-8,17H2,1-2H3. The van der Waals surface area contributed by atoms with Crippen molar-refractivity contribution in [3.63, 3.8) is 0 Å². The van der Waals surface area contributed by atoms with E-state index in [0.717, 1.165) is 12.1 Å². The van der Waals surface area contributed by atoms with Crippen LogP contribution in [0.25, 0.3) is 0 Å². The molecule has 2 N–H and O–H groups in total. The number of hydrogen-bond donors (Lipinski definition) is 1. The SMILES string of the molecule is CC1(C)CN(C(=O)c2c(F)cccc2F)CC(CN)O1. The lowest BCUT2D eigenvalue weighted by Crippen LogP contribution is -2.56. The molecule has 0 aliphatic carbocycles. The third-order valence-corrected chi connectivity index (χ3v) is 3.21. The molecule has 6 heteroatoms. The molecule has 0 bridgehead atoms. The number of halogens is 2. The first kappa shape index (κ1) is 14.9. The van der Waals surface area contributed by atoms with Crippen LogP contribution < -0.4 is 5.73 Å². The monoisotopic (exact) mass is 284 g/mol. The average Bonchev–Trinajstić information content (AvgIpc) is 2.36. The van der Waals surface area contributed by atoms with Crippen molar-refractivity contribution in [1.82, 2.24) is 4.90 Å². The zero-order chi connectivity index (χ0) is 14.9. The molecule has 1 heterocycles. The molecule has 1 aliphatic heterocycles. The van der Waals surface area contributed by atoms with Crippen molar-refractivity contribution >= 4 is 5.91 Å². The molecule has 20 heavy (non-hydrogen) atoms. The zero-order valence-electron chi connectivity index (χ0n) is 11.5. The Morgan fingerprint density at radius 3 is 2.60 bits per heavy atom. The highest BCUT2D eigenvalue weighted by Gasteiger charge is 2.36. The van der Waals surface area contributed by atoms with Crippen LogP contribution in [0.2, 0.25) is 0 Å². The van der Waals surface area contributed by atoms with Crippen LogP contribution in [0.5, 0.6) is 0 Å². The fourth-order valence-electron chi connectivity index (χ4n) is 2.43. The van der Waals surface area contributed by atoms with Gasteiger partial charge in [-0.15, -0.1) is 0 Å². The molecule has 1 unspecified atom stereocenters. The van der Waals surface area contributed by atoms with Crippen LogP contribution in [-0.4, -0.2) is 42.1 Å². The van der Waals surface area contributed by atoms with Crippen molar-refractivity contribution < 1.29 is 18.3 Å². The number of ether oxygens (including phenoxy) is 1. The zero-order valence-corrected chi connectivity index (χ0v) is 11.5. The number of hydrogen-bond acceptors (Lipinski definition) is 3. The highest BCUT2D eigenvalue weighted by atomic mass is 19.1. The van der Waals surface area contributed by atoms with Crippen LogP contribution in [0.3, 0.4) is 0 Å². The Kier molecular flexibility index (Phi) is 4.06. The number of rotatable bonds is 2. The average molecular weight is 284 g/mol. The lowest BCUT2D eigenvalue weighted by molar-refractivity contribution is -0.122. The Bertz CT molecular complexity index is 500. The van der Waals surface area contributed by atoms with E-state index in [1.165, 1.54) is 11.0 Å². The summed E-state index contributed by atoms with van der Waals surface area (Å²) in [4.78, 5) is 13.7. The van der Waals surface area contributed by atoms with Gasteiger partial charge in [-0.3, -0.25) is 4.79 Å². The number of carbonyl (C=O) groups is 1. The minimum atomic E-state index is -0.858. The van der Waals surface area contributed by atoms with Gasteiger partial charge in [-0.2, -0.15) is 0 Å². The number of nitrogens with two attached hydrogens (primary N) is 1. The Morgan fingerprint density at radius 1 is 1.45 bits per heavy atom. The van der Waals surface area contributed by atoms with Gasteiger partial charge in [-0.25, -0.2) is 8.78 Å². The van der Waals surface area contributed by atoms with E-state index in [-0.39, 0.29) is 25.7 Å². The summed E-state index contributed by atoms with van der Waals surface area (Å²) in [6.45, 7) is 4.36. The molecule has 1 saturated heterocycles.